The van der Waals surface area contributed by atoms with Gasteiger partial charge < -0.3 is 14.1 Å². The average molecular weight is 338 g/mol. The van der Waals surface area contributed by atoms with Gasteiger partial charge in [-0.2, -0.15) is 0 Å². The van der Waals surface area contributed by atoms with Crippen LogP contribution in [0.1, 0.15) is 22.3 Å². The van der Waals surface area contributed by atoms with Crippen molar-refractivity contribution in [2.45, 2.75) is 26.9 Å². The standard InChI is InChI=1S/C21H23NO3/c1-14-9-19-17(11-21(23)25-20(19)10-15(14)2)13-22(3)12-16-5-7-18(24-4)8-6-16/h5-11H,12-13H2,1-4H3/p+1. The molecule has 2 aromatic carbocycles. The third kappa shape index (κ3) is 3.91. The zero-order valence-corrected chi connectivity index (χ0v) is 15.2. The van der Waals surface area contributed by atoms with Gasteiger partial charge in [-0.25, -0.2) is 4.79 Å². The van der Waals surface area contributed by atoms with E-state index in [0.29, 0.717) is 5.58 Å². The smallest absolute Gasteiger partial charge is 0.336 e. The lowest BCUT2D eigenvalue weighted by molar-refractivity contribution is -0.907. The highest BCUT2D eigenvalue weighted by atomic mass is 16.5. The predicted molar refractivity (Wildman–Crippen MR) is 99.2 cm³/mol. The Morgan fingerprint density at radius 1 is 1.00 bits per heavy atom. The van der Waals surface area contributed by atoms with Crippen LogP contribution in [0.5, 0.6) is 5.75 Å². The largest absolute Gasteiger partial charge is 0.497 e. The maximum Gasteiger partial charge on any atom is 0.336 e. The van der Waals surface area contributed by atoms with Crippen molar-refractivity contribution in [3.63, 3.8) is 0 Å². The van der Waals surface area contributed by atoms with Crippen molar-refractivity contribution >= 4 is 11.0 Å². The molecule has 0 aliphatic heterocycles. The maximum atomic E-state index is 11.9. The molecule has 0 fully saturated rings. The molecule has 0 spiro atoms. The van der Waals surface area contributed by atoms with Crippen LogP contribution in [0.3, 0.4) is 0 Å². The minimum Gasteiger partial charge on any atom is -0.497 e. The van der Waals surface area contributed by atoms with Gasteiger partial charge in [0, 0.05) is 22.6 Å². The van der Waals surface area contributed by atoms with Crippen LogP contribution in [0.2, 0.25) is 0 Å². The monoisotopic (exact) mass is 338 g/mol. The van der Waals surface area contributed by atoms with E-state index in [1.807, 2.05) is 25.1 Å². The Labute approximate surface area is 147 Å². The van der Waals surface area contributed by atoms with Crippen molar-refractivity contribution in [3.05, 3.63) is 75.1 Å². The molecule has 4 heteroatoms. The van der Waals surface area contributed by atoms with Crippen LogP contribution < -0.4 is 15.3 Å². The third-order valence-electron chi connectivity index (χ3n) is 4.60. The van der Waals surface area contributed by atoms with E-state index in [1.165, 1.54) is 16.0 Å². The molecule has 0 saturated carbocycles. The topological polar surface area (TPSA) is 43.9 Å². The molecule has 1 N–H and O–H groups in total. The zero-order valence-electron chi connectivity index (χ0n) is 15.2. The Bertz CT molecular complexity index is 942. The highest BCUT2D eigenvalue weighted by molar-refractivity contribution is 5.81. The molecule has 25 heavy (non-hydrogen) atoms. The van der Waals surface area contributed by atoms with E-state index in [2.05, 4.69) is 32.2 Å². The third-order valence-corrected chi connectivity index (χ3v) is 4.60. The number of hydrogen-bond donors (Lipinski definition) is 1. The second-order valence-electron chi connectivity index (χ2n) is 6.68. The molecule has 3 aromatic rings. The van der Waals surface area contributed by atoms with Crippen LogP contribution in [0.4, 0.5) is 0 Å². The van der Waals surface area contributed by atoms with Crippen molar-refractivity contribution in [3.8, 4) is 5.75 Å². The lowest BCUT2D eigenvalue weighted by Crippen LogP contribution is -3.06. The fourth-order valence-electron chi connectivity index (χ4n) is 3.11. The first-order valence-electron chi connectivity index (χ1n) is 8.44. The van der Waals surface area contributed by atoms with Crippen molar-refractivity contribution < 1.29 is 14.1 Å². The van der Waals surface area contributed by atoms with Crippen LogP contribution in [0.15, 0.2) is 51.7 Å². The van der Waals surface area contributed by atoms with E-state index in [-0.39, 0.29) is 5.63 Å². The molecule has 0 saturated heterocycles. The molecule has 0 aliphatic rings. The summed E-state index contributed by atoms with van der Waals surface area (Å²) in [6.45, 7) is 5.74. The Morgan fingerprint density at radius 2 is 1.68 bits per heavy atom. The van der Waals surface area contributed by atoms with E-state index < -0.39 is 0 Å². The van der Waals surface area contributed by atoms with Gasteiger partial charge in [0.1, 0.15) is 24.4 Å². The van der Waals surface area contributed by atoms with Gasteiger partial charge >= 0.3 is 5.63 Å². The number of benzene rings is 2. The predicted octanol–water partition coefficient (Wildman–Crippen LogP) is 2.63. The van der Waals surface area contributed by atoms with Crippen LogP contribution in [0.25, 0.3) is 11.0 Å². The number of aryl methyl sites for hydroxylation is 2. The van der Waals surface area contributed by atoms with E-state index in [9.17, 15) is 4.79 Å². The molecule has 0 amide bonds. The first kappa shape index (κ1) is 17.2. The highest BCUT2D eigenvalue weighted by Gasteiger charge is 2.12. The summed E-state index contributed by atoms with van der Waals surface area (Å²) in [6.07, 6.45) is 0. The van der Waals surface area contributed by atoms with Crippen molar-refractivity contribution in [1.29, 1.82) is 0 Å². The summed E-state index contributed by atoms with van der Waals surface area (Å²) in [5, 5.41) is 1.02. The number of fused-ring (bicyclic) bond motifs is 1. The fourth-order valence-corrected chi connectivity index (χ4v) is 3.11. The molecule has 1 heterocycles. The zero-order chi connectivity index (χ0) is 18.0. The van der Waals surface area contributed by atoms with Gasteiger partial charge in [0.15, 0.2) is 0 Å². The van der Waals surface area contributed by atoms with Crippen molar-refractivity contribution in [1.82, 2.24) is 0 Å². The first-order valence-corrected chi connectivity index (χ1v) is 8.44. The lowest BCUT2D eigenvalue weighted by atomic mass is 10.0. The van der Waals surface area contributed by atoms with E-state index >= 15 is 0 Å². The SMILES string of the molecule is COc1ccc(C[NH+](C)Cc2cc(=O)oc3cc(C)c(C)cc23)cc1. The van der Waals surface area contributed by atoms with Gasteiger partial charge in [0.25, 0.3) is 0 Å². The van der Waals surface area contributed by atoms with E-state index in [0.717, 1.165) is 35.4 Å². The summed E-state index contributed by atoms with van der Waals surface area (Å²) in [7, 11) is 3.80. The Morgan fingerprint density at radius 3 is 2.36 bits per heavy atom. The minimum absolute atomic E-state index is 0.289. The number of nitrogens with one attached hydrogen (secondary N) is 1. The quantitative estimate of drug-likeness (QED) is 0.728. The molecule has 1 atom stereocenters. The molecule has 3 rings (SSSR count). The lowest BCUT2D eigenvalue weighted by Gasteiger charge is -2.16. The number of hydrogen-bond acceptors (Lipinski definition) is 3. The molecule has 130 valence electrons. The Kier molecular flexibility index (Phi) is 4.91. The van der Waals surface area contributed by atoms with Crippen molar-refractivity contribution in [2.75, 3.05) is 14.2 Å². The second kappa shape index (κ2) is 7.11. The van der Waals surface area contributed by atoms with Crippen LogP contribution in [0, 0.1) is 13.8 Å². The van der Waals surface area contributed by atoms with Gasteiger partial charge in [-0.15, -0.1) is 0 Å². The van der Waals surface area contributed by atoms with Crippen LogP contribution >= 0.6 is 0 Å². The summed E-state index contributed by atoms with van der Waals surface area (Å²) in [6, 6.07) is 13.8. The summed E-state index contributed by atoms with van der Waals surface area (Å²) >= 11 is 0. The number of rotatable bonds is 5. The summed E-state index contributed by atoms with van der Waals surface area (Å²) in [5.41, 5.74) is 4.98. The van der Waals surface area contributed by atoms with Gasteiger partial charge in [-0.05, 0) is 61.4 Å². The first-order chi connectivity index (χ1) is 12.0. The normalized spacial score (nSPS) is 12.3. The van der Waals surface area contributed by atoms with E-state index in [1.54, 1.807) is 13.2 Å². The van der Waals surface area contributed by atoms with Gasteiger partial charge in [0.2, 0.25) is 0 Å². The Balaban J connectivity index is 1.86. The summed E-state index contributed by atoms with van der Waals surface area (Å²) in [5.74, 6) is 0.860. The number of methoxy groups -OCH3 is 1. The fraction of sp³-hybridized carbons (Fsp3) is 0.286. The van der Waals surface area contributed by atoms with Gasteiger partial charge in [-0.1, -0.05) is 0 Å². The molecule has 4 nitrogen and oxygen atoms in total. The maximum absolute atomic E-state index is 11.9. The Hall–Kier alpha value is -2.59. The van der Waals surface area contributed by atoms with Gasteiger partial charge in [0.05, 0.1) is 14.2 Å². The van der Waals surface area contributed by atoms with Crippen LogP contribution in [-0.2, 0) is 13.1 Å². The molecule has 1 unspecified atom stereocenters. The number of ether oxygens (including phenoxy) is 1. The summed E-state index contributed by atoms with van der Waals surface area (Å²) in [4.78, 5) is 13.2. The van der Waals surface area contributed by atoms with Gasteiger partial charge in [-0.3, -0.25) is 0 Å². The molecule has 0 radical (unpaired) electrons. The molecular formula is C21H24NO3+. The van der Waals surface area contributed by atoms with Crippen LogP contribution in [-0.4, -0.2) is 14.2 Å². The average Bonchev–Trinajstić information content (AvgIpc) is 2.57. The molecular weight excluding hydrogens is 314 g/mol. The molecule has 1 aromatic heterocycles. The highest BCUT2D eigenvalue weighted by Crippen LogP contribution is 2.21. The number of quaternary nitrogens is 1. The molecule has 0 aliphatic carbocycles. The minimum atomic E-state index is -0.289. The van der Waals surface area contributed by atoms with E-state index in [4.69, 9.17) is 9.15 Å². The molecule has 0 bridgehead atoms. The second-order valence-corrected chi connectivity index (χ2v) is 6.68. The summed E-state index contributed by atoms with van der Waals surface area (Å²) < 4.78 is 10.6. The van der Waals surface area contributed by atoms with Crippen molar-refractivity contribution in [2.24, 2.45) is 0 Å².